The zero-order chi connectivity index (χ0) is 24.3. The van der Waals surface area contributed by atoms with Crippen LogP contribution in [-0.4, -0.2) is 29.7 Å². The minimum absolute atomic E-state index is 0.102. The molecule has 8 nitrogen and oxygen atoms in total. The Balaban J connectivity index is 1.54. The minimum Gasteiger partial charge on any atom is -0.383 e. The molecule has 0 amide bonds. The summed E-state index contributed by atoms with van der Waals surface area (Å²) in [6.07, 6.45) is 4.21. The maximum atomic E-state index is 13.9. The van der Waals surface area contributed by atoms with Crippen LogP contribution in [0.5, 0.6) is 0 Å². The largest absolute Gasteiger partial charge is 0.383 e. The first-order valence-corrected chi connectivity index (χ1v) is 11.1. The summed E-state index contributed by atoms with van der Waals surface area (Å²) in [7, 11) is 0. The van der Waals surface area contributed by atoms with Crippen LogP contribution in [0.2, 0.25) is 5.02 Å². The topological polar surface area (TPSA) is 106 Å². The summed E-state index contributed by atoms with van der Waals surface area (Å²) in [5, 5.41) is 20.0. The molecular weight excluding hydrogens is 461 g/mol. The number of rotatable bonds is 8. The molecule has 2 N–H and O–H groups in total. The van der Waals surface area contributed by atoms with Crippen molar-refractivity contribution in [3.05, 3.63) is 104 Å². The highest BCUT2D eigenvalue weighted by Gasteiger charge is 2.29. The fraction of sp³-hybridized carbons (Fsp3) is 0.250. The SMILES string of the molecule is C[C@@](O)(Cn1nncc1CCCn1ccc(=O)[nH]c1=O)c1ccc(Cl)cc1-c1cccc(F)c1. The number of aromatic nitrogens is 5. The van der Waals surface area contributed by atoms with Gasteiger partial charge in [0.15, 0.2) is 0 Å². The standard InChI is InChI=1S/C24H23ClFN5O3/c1-24(34,21-8-7-17(25)13-20(21)16-4-2-5-18(26)12-16)15-31-19(14-27-29-31)6-3-10-30-11-9-22(32)28-23(30)33/h2,4-5,7-9,11-14,34H,3,6,10,15H2,1H3,(H,28,32,33)/t24-/m1/s1. The molecule has 0 radical (unpaired) electrons. The third-order valence-electron chi connectivity index (χ3n) is 5.58. The lowest BCUT2D eigenvalue weighted by Crippen LogP contribution is -2.30. The van der Waals surface area contributed by atoms with E-state index in [1.54, 1.807) is 48.1 Å². The summed E-state index contributed by atoms with van der Waals surface area (Å²) in [5.41, 5.74) is 0.298. The second-order valence-corrected chi connectivity index (χ2v) is 8.70. The van der Waals surface area contributed by atoms with E-state index in [0.29, 0.717) is 41.1 Å². The van der Waals surface area contributed by atoms with Crippen molar-refractivity contribution >= 4 is 11.6 Å². The Morgan fingerprint density at radius 3 is 2.76 bits per heavy atom. The Labute approximate surface area is 199 Å². The van der Waals surface area contributed by atoms with Crippen molar-refractivity contribution < 1.29 is 9.50 Å². The van der Waals surface area contributed by atoms with Crippen molar-refractivity contribution in [2.75, 3.05) is 0 Å². The molecule has 0 fully saturated rings. The monoisotopic (exact) mass is 483 g/mol. The second-order valence-electron chi connectivity index (χ2n) is 8.26. The molecule has 1 atom stereocenters. The summed E-state index contributed by atoms with van der Waals surface area (Å²) in [4.78, 5) is 25.3. The van der Waals surface area contributed by atoms with Crippen LogP contribution < -0.4 is 11.2 Å². The minimum atomic E-state index is -1.37. The number of aromatic amines is 1. The van der Waals surface area contributed by atoms with Crippen LogP contribution in [0.25, 0.3) is 11.1 Å². The molecule has 4 rings (SSSR count). The van der Waals surface area contributed by atoms with Crippen LogP contribution in [0.1, 0.15) is 24.6 Å². The fourth-order valence-corrected chi connectivity index (χ4v) is 4.09. The van der Waals surface area contributed by atoms with Crippen molar-refractivity contribution in [2.45, 2.75) is 38.5 Å². The molecule has 0 bridgehead atoms. The molecule has 4 aromatic rings. The van der Waals surface area contributed by atoms with E-state index in [9.17, 15) is 19.1 Å². The van der Waals surface area contributed by atoms with Crippen LogP contribution in [0.15, 0.2) is 70.5 Å². The van der Waals surface area contributed by atoms with Crippen molar-refractivity contribution in [3.63, 3.8) is 0 Å². The summed E-state index contributed by atoms with van der Waals surface area (Å²) in [6, 6.07) is 12.5. The number of benzene rings is 2. The average molecular weight is 484 g/mol. The predicted molar refractivity (Wildman–Crippen MR) is 126 cm³/mol. The molecule has 0 saturated heterocycles. The van der Waals surface area contributed by atoms with Gasteiger partial charge in [0, 0.05) is 23.8 Å². The van der Waals surface area contributed by atoms with E-state index >= 15 is 0 Å². The lowest BCUT2D eigenvalue weighted by molar-refractivity contribution is 0.0337. The normalized spacial score (nSPS) is 13.1. The van der Waals surface area contributed by atoms with Gasteiger partial charge in [-0.1, -0.05) is 35.0 Å². The summed E-state index contributed by atoms with van der Waals surface area (Å²) in [5.74, 6) is -0.386. The van der Waals surface area contributed by atoms with Gasteiger partial charge in [-0.25, -0.2) is 13.9 Å². The smallest absolute Gasteiger partial charge is 0.328 e. The van der Waals surface area contributed by atoms with Crippen molar-refractivity contribution in [3.8, 4) is 11.1 Å². The molecule has 0 unspecified atom stereocenters. The summed E-state index contributed by atoms with van der Waals surface area (Å²) >= 11 is 6.21. The lowest BCUT2D eigenvalue weighted by atomic mass is 9.88. The maximum Gasteiger partial charge on any atom is 0.328 e. The zero-order valence-corrected chi connectivity index (χ0v) is 19.2. The van der Waals surface area contributed by atoms with Crippen LogP contribution >= 0.6 is 11.6 Å². The van der Waals surface area contributed by atoms with Crippen LogP contribution in [0.4, 0.5) is 4.39 Å². The maximum absolute atomic E-state index is 13.9. The number of hydrogen-bond acceptors (Lipinski definition) is 5. The number of halogens is 2. The number of aryl methyl sites for hydroxylation is 2. The lowest BCUT2D eigenvalue weighted by Gasteiger charge is -2.27. The van der Waals surface area contributed by atoms with E-state index in [2.05, 4.69) is 15.3 Å². The fourth-order valence-electron chi connectivity index (χ4n) is 3.91. The van der Waals surface area contributed by atoms with Crippen molar-refractivity contribution in [1.29, 1.82) is 0 Å². The first-order valence-electron chi connectivity index (χ1n) is 10.7. The number of hydrogen-bond donors (Lipinski definition) is 2. The Hall–Kier alpha value is -3.56. The number of aliphatic hydroxyl groups is 1. The Morgan fingerprint density at radius 1 is 1.18 bits per heavy atom. The van der Waals surface area contributed by atoms with E-state index in [1.807, 2.05) is 0 Å². The first kappa shape index (κ1) is 23.6. The van der Waals surface area contributed by atoms with Crippen molar-refractivity contribution in [2.24, 2.45) is 0 Å². The number of H-pyrrole nitrogens is 1. The van der Waals surface area contributed by atoms with Gasteiger partial charge in [-0.2, -0.15) is 0 Å². The van der Waals surface area contributed by atoms with Gasteiger partial charge in [0.2, 0.25) is 0 Å². The Kier molecular flexibility index (Phi) is 6.76. The molecule has 0 saturated carbocycles. The zero-order valence-electron chi connectivity index (χ0n) is 18.4. The molecular formula is C24H23ClFN5O3. The van der Waals surface area contributed by atoms with E-state index in [0.717, 1.165) is 5.69 Å². The van der Waals surface area contributed by atoms with Gasteiger partial charge in [-0.05, 0) is 60.7 Å². The quantitative estimate of drug-likeness (QED) is 0.400. The Morgan fingerprint density at radius 2 is 2.00 bits per heavy atom. The molecule has 10 heteroatoms. The van der Waals surface area contributed by atoms with Gasteiger partial charge in [0.25, 0.3) is 5.56 Å². The molecule has 0 aliphatic carbocycles. The van der Waals surface area contributed by atoms with Gasteiger partial charge in [-0.15, -0.1) is 5.10 Å². The van der Waals surface area contributed by atoms with Crippen LogP contribution in [0, 0.1) is 5.82 Å². The number of nitrogens with one attached hydrogen (secondary N) is 1. The second kappa shape index (κ2) is 9.74. The molecule has 2 aromatic carbocycles. The third-order valence-corrected chi connectivity index (χ3v) is 5.82. The molecule has 2 aromatic heterocycles. The highest BCUT2D eigenvalue weighted by molar-refractivity contribution is 6.30. The highest BCUT2D eigenvalue weighted by Crippen LogP contribution is 2.35. The van der Waals surface area contributed by atoms with Gasteiger partial charge in [-0.3, -0.25) is 9.78 Å². The first-order chi connectivity index (χ1) is 16.2. The molecule has 0 aliphatic heterocycles. The van der Waals surface area contributed by atoms with Crippen LogP contribution in [-0.2, 0) is 25.1 Å². The predicted octanol–water partition coefficient (Wildman–Crippen LogP) is 3.13. The molecule has 0 aliphatic rings. The molecule has 2 heterocycles. The van der Waals surface area contributed by atoms with Gasteiger partial charge >= 0.3 is 5.69 Å². The third kappa shape index (κ3) is 5.32. The van der Waals surface area contributed by atoms with Gasteiger partial charge in [0.05, 0.1) is 18.4 Å². The molecule has 0 spiro atoms. The number of nitrogens with zero attached hydrogens (tertiary/aromatic N) is 4. The van der Waals surface area contributed by atoms with Crippen molar-refractivity contribution in [1.82, 2.24) is 24.5 Å². The highest BCUT2D eigenvalue weighted by atomic mass is 35.5. The summed E-state index contributed by atoms with van der Waals surface area (Å²) < 4.78 is 16.9. The van der Waals surface area contributed by atoms with Crippen LogP contribution in [0.3, 0.4) is 0 Å². The van der Waals surface area contributed by atoms with E-state index < -0.39 is 16.9 Å². The average Bonchev–Trinajstić information content (AvgIpc) is 3.21. The van der Waals surface area contributed by atoms with E-state index in [1.165, 1.54) is 29.0 Å². The van der Waals surface area contributed by atoms with Gasteiger partial charge in [0.1, 0.15) is 11.4 Å². The van der Waals surface area contributed by atoms with Gasteiger partial charge < -0.3 is 9.67 Å². The van der Waals surface area contributed by atoms with E-state index in [-0.39, 0.29) is 12.4 Å². The summed E-state index contributed by atoms with van der Waals surface area (Å²) in [6.45, 7) is 2.16. The van der Waals surface area contributed by atoms with E-state index in [4.69, 9.17) is 11.6 Å². The Bertz CT molecular complexity index is 1430. The molecule has 34 heavy (non-hydrogen) atoms. The molecule has 176 valence electrons.